The molecule has 1 aromatic rings. The minimum absolute atomic E-state index is 0.609. The van der Waals surface area contributed by atoms with Gasteiger partial charge in [-0.3, -0.25) is 4.90 Å². The average Bonchev–Trinajstić information content (AvgIpc) is 2.81. The fourth-order valence-electron chi connectivity index (χ4n) is 3.27. The van der Waals surface area contributed by atoms with Crippen LogP contribution in [0.3, 0.4) is 0 Å². The molecule has 0 aromatic heterocycles. The molecule has 0 spiro atoms. The van der Waals surface area contributed by atoms with E-state index in [1.54, 1.807) is 0 Å². The van der Waals surface area contributed by atoms with Crippen molar-refractivity contribution in [1.29, 1.82) is 0 Å². The van der Waals surface area contributed by atoms with Crippen molar-refractivity contribution in [2.45, 2.75) is 59.4 Å². The maximum absolute atomic E-state index is 5.94. The number of benzene rings is 1. The third kappa shape index (κ3) is 4.47. The summed E-state index contributed by atoms with van der Waals surface area (Å²) in [6.45, 7) is 11.7. The predicted molar refractivity (Wildman–Crippen MR) is 92.4 cm³/mol. The van der Waals surface area contributed by atoms with E-state index in [0.717, 1.165) is 17.5 Å². The molecular weight excluding hydrogens is 256 g/mol. The monoisotopic (exact) mass is 288 g/mol. The van der Waals surface area contributed by atoms with Gasteiger partial charge in [0.15, 0.2) is 0 Å². The zero-order chi connectivity index (χ0) is 15.4. The first-order valence-electron chi connectivity index (χ1n) is 8.59. The van der Waals surface area contributed by atoms with E-state index in [1.807, 2.05) is 0 Å². The highest BCUT2D eigenvalue weighted by Gasteiger charge is 2.27. The molecule has 0 saturated heterocycles. The predicted octanol–water partition coefficient (Wildman–Crippen LogP) is 4.65. The van der Waals surface area contributed by atoms with Crippen LogP contribution < -0.4 is 5.73 Å². The second-order valence-electron chi connectivity index (χ2n) is 7.41. The van der Waals surface area contributed by atoms with Crippen molar-refractivity contribution in [3.63, 3.8) is 0 Å². The summed E-state index contributed by atoms with van der Waals surface area (Å²) < 4.78 is 0. The third-order valence-corrected chi connectivity index (χ3v) is 4.64. The normalized spacial score (nSPS) is 18.0. The lowest BCUT2D eigenvalue weighted by Gasteiger charge is -2.31. The first-order chi connectivity index (χ1) is 9.97. The molecule has 0 heterocycles. The summed E-state index contributed by atoms with van der Waals surface area (Å²) in [4.78, 5) is 2.72. The van der Waals surface area contributed by atoms with Crippen molar-refractivity contribution in [3.05, 3.63) is 29.3 Å². The van der Waals surface area contributed by atoms with Crippen molar-refractivity contribution in [3.8, 4) is 0 Å². The third-order valence-electron chi connectivity index (χ3n) is 4.64. The first kappa shape index (κ1) is 16.4. The van der Waals surface area contributed by atoms with Crippen LogP contribution in [0, 0.1) is 11.8 Å². The van der Waals surface area contributed by atoms with Gasteiger partial charge in [0, 0.05) is 11.7 Å². The van der Waals surface area contributed by atoms with Gasteiger partial charge in [0.05, 0.1) is 0 Å². The van der Waals surface area contributed by atoms with E-state index in [4.69, 9.17) is 5.73 Å². The van der Waals surface area contributed by atoms with E-state index in [0.29, 0.717) is 6.04 Å². The lowest BCUT2D eigenvalue weighted by Crippen LogP contribution is -2.31. The summed E-state index contributed by atoms with van der Waals surface area (Å²) in [5.41, 5.74) is 9.84. The quantitative estimate of drug-likeness (QED) is 0.740. The first-order valence-corrected chi connectivity index (χ1v) is 8.59. The molecule has 0 aliphatic heterocycles. The number of fused-ring (bicyclic) bond motifs is 1. The van der Waals surface area contributed by atoms with Crippen LogP contribution in [0.15, 0.2) is 18.2 Å². The molecule has 2 heteroatoms. The Kier molecular flexibility index (Phi) is 5.69. The van der Waals surface area contributed by atoms with Crippen LogP contribution in [-0.2, 0) is 6.42 Å². The molecule has 21 heavy (non-hydrogen) atoms. The number of nitrogen functional groups attached to an aromatic ring is 1. The van der Waals surface area contributed by atoms with Crippen LogP contribution in [0.2, 0.25) is 0 Å². The van der Waals surface area contributed by atoms with E-state index in [1.165, 1.54) is 49.9 Å². The van der Waals surface area contributed by atoms with Gasteiger partial charge in [-0.15, -0.1) is 0 Å². The highest BCUT2D eigenvalue weighted by atomic mass is 15.2. The van der Waals surface area contributed by atoms with Gasteiger partial charge in [0.1, 0.15) is 0 Å². The van der Waals surface area contributed by atoms with Gasteiger partial charge < -0.3 is 5.73 Å². The van der Waals surface area contributed by atoms with E-state index in [9.17, 15) is 0 Å². The van der Waals surface area contributed by atoms with Crippen LogP contribution >= 0.6 is 0 Å². The molecule has 0 amide bonds. The lowest BCUT2D eigenvalue weighted by atomic mass is 10.0. The summed E-state index contributed by atoms with van der Waals surface area (Å²) in [5.74, 6) is 1.55. The number of hydrogen-bond acceptors (Lipinski definition) is 2. The Balaban J connectivity index is 2.10. The van der Waals surface area contributed by atoms with Gasteiger partial charge in [-0.1, -0.05) is 33.8 Å². The molecule has 2 N–H and O–H groups in total. The fourth-order valence-corrected chi connectivity index (χ4v) is 3.27. The summed E-state index contributed by atoms with van der Waals surface area (Å²) in [6, 6.07) is 7.12. The standard InChI is InChI=1S/C19H32N2/c1-14(2)9-11-21(12-10-15(3)4)19-8-5-16-13-17(20)6-7-18(16)19/h6-7,13-15,19H,5,8-12,20H2,1-4H3. The second-order valence-corrected chi connectivity index (χ2v) is 7.41. The second kappa shape index (κ2) is 7.31. The summed E-state index contributed by atoms with van der Waals surface area (Å²) >= 11 is 0. The molecule has 0 saturated carbocycles. The van der Waals surface area contributed by atoms with E-state index < -0.39 is 0 Å². The maximum Gasteiger partial charge on any atom is 0.0354 e. The highest BCUT2D eigenvalue weighted by molar-refractivity contribution is 5.47. The number of aryl methyl sites for hydroxylation is 1. The molecule has 2 rings (SSSR count). The molecule has 1 unspecified atom stereocenters. The number of anilines is 1. The Hall–Kier alpha value is -1.02. The maximum atomic E-state index is 5.94. The van der Waals surface area contributed by atoms with Crippen molar-refractivity contribution in [2.75, 3.05) is 18.8 Å². The molecule has 0 fully saturated rings. The Morgan fingerprint density at radius 1 is 1.10 bits per heavy atom. The van der Waals surface area contributed by atoms with Crippen LogP contribution in [0.25, 0.3) is 0 Å². The SMILES string of the molecule is CC(C)CCN(CCC(C)C)C1CCc2cc(N)ccc21. The van der Waals surface area contributed by atoms with E-state index >= 15 is 0 Å². The molecule has 1 aromatic carbocycles. The summed E-state index contributed by atoms with van der Waals surface area (Å²) in [7, 11) is 0. The number of nitrogens with two attached hydrogens (primary N) is 1. The van der Waals surface area contributed by atoms with Crippen molar-refractivity contribution < 1.29 is 0 Å². The largest absolute Gasteiger partial charge is 0.399 e. The molecule has 2 nitrogen and oxygen atoms in total. The minimum Gasteiger partial charge on any atom is -0.399 e. The van der Waals surface area contributed by atoms with Gasteiger partial charge in [-0.25, -0.2) is 0 Å². The van der Waals surface area contributed by atoms with Gasteiger partial charge in [-0.2, -0.15) is 0 Å². The van der Waals surface area contributed by atoms with Gasteiger partial charge in [-0.05, 0) is 73.9 Å². The van der Waals surface area contributed by atoms with Crippen LogP contribution in [0.4, 0.5) is 5.69 Å². The minimum atomic E-state index is 0.609. The van der Waals surface area contributed by atoms with Crippen molar-refractivity contribution in [2.24, 2.45) is 11.8 Å². The van der Waals surface area contributed by atoms with Crippen LogP contribution in [0.5, 0.6) is 0 Å². The Morgan fingerprint density at radius 2 is 1.71 bits per heavy atom. The molecule has 0 bridgehead atoms. The van der Waals surface area contributed by atoms with Crippen molar-refractivity contribution >= 4 is 5.69 Å². The Bertz CT molecular complexity index is 439. The molecule has 1 atom stereocenters. The van der Waals surface area contributed by atoms with Gasteiger partial charge in [0.2, 0.25) is 0 Å². The molecule has 0 radical (unpaired) electrons. The number of rotatable bonds is 7. The Labute approximate surface area is 130 Å². The van der Waals surface area contributed by atoms with Crippen LogP contribution in [0.1, 0.15) is 64.1 Å². The molecule has 118 valence electrons. The zero-order valence-corrected chi connectivity index (χ0v) is 14.2. The van der Waals surface area contributed by atoms with E-state index in [-0.39, 0.29) is 0 Å². The van der Waals surface area contributed by atoms with Gasteiger partial charge in [0.25, 0.3) is 0 Å². The molecule has 1 aliphatic rings. The van der Waals surface area contributed by atoms with E-state index in [2.05, 4.69) is 50.8 Å². The Morgan fingerprint density at radius 3 is 2.29 bits per heavy atom. The zero-order valence-electron chi connectivity index (χ0n) is 14.2. The fraction of sp³-hybridized carbons (Fsp3) is 0.684. The smallest absolute Gasteiger partial charge is 0.0354 e. The van der Waals surface area contributed by atoms with Crippen LogP contribution in [-0.4, -0.2) is 18.0 Å². The summed E-state index contributed by atoms with van der Waals surface area (Å²) in [5, 5.41) is 0. The highest BCUT2D eigenvalue weighted by Crippen LogP contribution is 2.37. The molecular formula is C19H32N2. The number of hydrogen-bond donors (Lipinski definition) is 1. The topological polar surface area (TPSA) is 29.3 Å². The number of nitrogens with zero attached hydrogens (tertiary/aromatic N) is 1. The average molecular weight is 288 g/mol. The lowest BCUT2D eigenvalue weighted by molar-refractivity contribution is 0.176. The molecule has 1 aliphatic carbocycles. The summed E-state index contributed by atoms with van der Waals surface area (Å²) in [6.07, 6.45) is 5.03. The van der Waals surface area contributed by atoms with Gasteiger partial charge >= 0.3 is 0 Å². The van der Waals surface area contributed by atoms with Crippen molar-refractivity contribution in [1.82, 2.24) is 4.90 Å².